The van der Waals surface area contributed by atoms with Crippen molar-refractivity contribution >= 4 is 11.6 Å². The van der Waals surface area contributed by atoms with Gasteiger partial charge in [-0.1, -0.05) is 42.8 Å². The van der Waals surface area contributed by atoms with Crippen molar-refractivity contribution in [2.75, 3.05) is 13.2 Å². The molecule has 26 heavy (non-hydrogen) atoms. The van der Waals surface area contributed by atoms with E-state index in [0.29, 0.717) is 36.3 Å². The fourth-order valence-electron chi connectivity index (χ4n) is 2.65. The second-order valence-electron chi connectivity index (χ2n) is 6.22. The van der Waals surface area contributed by atoms with Crippen LogP contribution >= 0.6 is 11.6 Å². The Hall–Kier alpha value is -1.75. The Morgan fingerprint density at radius 1 is 1.15 bits per heavy atom. The van der Waals surface area contributed by atoms with Crippen LogP contribution in [0.1, 0.15) is 37.0 Å². The van der Waals surface area contributed by atoms with Gasteiger partial charge in [-0.05, 0) is 49.1 Å². The van der Waals surface area contributed by atoms with Crippen molar-refractivity contribution in [1.29, 1.82) is 0 Å². The van der Waals surface area contributed by atoms with Crippen molar-refractivity contribution in [2.45, 2.75) is 46.4 Å². The number of rotatable bonds is 10. The summed E-state index contributed by atoms with van der Waals surface area (Å²) in [5, 5.41) is 13.1. The maximum Gasteiger partial charge on any atom is 0.180 e. The van der Waals surface area contributed by atoms with E-state index in [2.05, 4.69) is 18.3 Å². The highest BCUT2D eigenvalue weighted by Gasteiger charge is 2.14. The number of aliphatic hydroxyl groups excluding tert-OH is 1. The Balaban J connectivity index is 2.16. The van der Waals surface area contributed by atoms with Gasteiger partial charge in [0.2, 0.25) is 0 Å². The Kier molecular flexibility index (Phi) is 8.23. The summed E-state index contributed by atoms with van der Waals surface area (Å²) in [6.45, 7) is 7.72. The number of hydrogen-bond donors (Lipinski definition) is 2. The molecule has 0 aliphatic rings. The van der Waals surface area contributed by atoms with Crippen LogP contribution in [0, 0.1) is 6.92 Å². The summed E-state index contributed by atoms with van der Waals surface area (Å²) in [6, 6.07) is 12.0. The molecule has 0 aromatic heterocycles. The minimum atomic E-state index is 0.0706. The zero-order valence-electron chi connectivity index (χ0n) is 15.7. The van der Waals surface area contributed by atoms with Crippen molar-refractivity contribution in [2.24, 2.45) is 0 Å². The average molecular weight is 378 g/mol. The van der Waals surface area contributed by atoms with Gasteiger partial charge < -0.3 is 19.9 Å². The van der Waals surface area contributed by atoms with E-state index in [4.69, 9.17) is 21.1 Å². The lowest BCUT2D eigenvalue weighted by atomic mass is 10.1. The fourth-order valence-corrected chi connectivity index (χ4v) is 2.94. The third-order valence-corrected chi connectivity index (χ3v) is 4.59. The minimum absolute atomic E-state index is 0.0706. The summed E-state index contributed by atoms with van der Waals surface area (Å²) >= 11 is 6.48. The van der Waals surface area contributed by atoms with Crippen LogP contribution in [-0.2, 0) is 13.2 Å². The molecule has 2 N–H and O–H groups in total. The number of halogens is 1. The van der Waals surface area contributed by atoms with Crippen molar-refractivity contribution in [3.63, 3.8) is 0 Å². The molecule has 0 amide bonds. The standard InChI is InChI=1S/C21H28ClNO3/c1-4-18(13-24)23-12-16-10-19(22)21(20(11-16)25-5-2)26-14-17-9-7-6-8-15(17)3/h6-11,18,23-24H,4-5,12-14H2,1-3H3/t18-/m1/s1. The molecule has 0 heterocycles. The largest absolute Gasteiger partial charge is 0.490 e. The van der Waals surface area contributed by atoms with Gasteiger partial charge in [0.1, 0.15) is 6.61 Å². The highest BCUT2D eigenvalue weighted by Crippen LogP contribution is 2.37. The Labute approximate surface area is 161 Å². The quantitative estimate of drug-likeness (QED) is 0.640. The summed E-state index contributed by atoms with van der Waals surface area (Å²) in [6.07, 6.45) is 0.861. The first-order valence-corrected chi connectivity index (χ1v) is 9.43. The number of benzene rings is 2. The van der Waals surface area contributed by atoms with E-state index >= 15 is 0 Å². The molecule has 142 valence electrons. The Morgan fingerprint density at radius 3 is 2.58 bits per heavy atom. The SMILES string of the molecule is CCOc1cc(CN[C@H](CC)CO)cc(Cl)c1OCc1ccccc1C. The van der Waals surface area contributed by atoms with Gasteiger partial charge in [-0.3, -0.25) is 0 Å². The van der Waals surface area contributed by atoms with Crippen molar-refractivity contribution in [3.05, 3.63) is 58.1 Å². The maximum absolute atomic E-state index is 9.31. The van der Waals surface area contributed by atoms with Crippen LogP contribution in [0.15, 0.2) is 36.4 Å². The topological polar surface area (TPSA) is 50.7 Å². The van der Waals surface area contributed by atoms with Gasteiger partial charge in [-0.25, -0.2) is 0 Å². The van der Waals surface area contributed by atoms with Crippen LogP contribution in [0.3, 0.4) is 0 Å². The van der Waals surface area contributed by atoms with Crippen molar-refractivity contribution in [3.8, 4) is 11.5 Å². The molecule has 0 saturated heterocycles. The van der Waals surface area contributed by atoms with Crippen LogP contribution in [0.4, 0.5) is 0 Å². The lowest BCUT2D eigenvalue weighted by molar-refractivity contribution is 0.238. The Bertz CT molecular complexity index is 702. The number of hydrogen-bond acceptors (Lipinski definition) is 4. The molecule has 1 atom stereocenters. The summed E-state index contributed by atoms with van der Waals surface area (Å²) in [7, 11) is 0. The van der Waals surface area contributed by atoms with Gasteiger partial charge in [-0.15, -0.1) is 0 Å². The third kappa shape index (κ3) is 5.63. The van der Waals surface area contributed by atoms with E-state index < -0.39 is 0 Å². The van der Waals surface area contributed by atoms with Gasteiger partial charge in [0.15, 0.2) is 11.5 Å². The van der Waals surface area contributed by atoms with Crippen molar-refractivity contribution < 1.29 is 14.6 Å². The van der Waals surface area contributed by atoms with Gasteiger partial charge >= 0.3 is 0 Å². The lowest BCUT2D eigenvalue weighted by Crippen LogP contribution is -2.31. The van der Waals surface area contributed by atoms with Crippen LogP contribution in [0.5, 0.6) is 11.5 Å². The Morgan fingerprint density at radius 2 is 1.92 bits per heavy atom. The molecule has 0 radical (unpaired) electrons. The summed E-state index contributed by atoms with van der Waals surface area (Å²) in [5.74, 6) is 1.21. The minimum Gasteiger partial charge on any atom is -0.490 e. The molecule has 0 fully saturated rings. The molecule has 0 aliphatic carbocycles. The molecule has 0 spiro atoms. The van der Waals surface area contributed by atoms with Gasteiger partial charge in [0.05, 0.1) is 18.2 Å². The highest BCUT2D eigenvalue weighted by atomic mass is 35.5. The smallest absolute Gasteiger partial charge is 0.180 e. The van der Waals surface area contributed by atoms with E-state index in [1.807, 2.05) is 44.2 Å². The number of aliphatic hydroxyl groups is 1. The molecule has 4 nitrogen and oxygen atoms in total. The number of aryl methyl sites for hydroxylation is 1. The molecule has 2 aromatic rings. The van der Waals surface area contributed by atoms with Crippen LogP contribution in [0.2, 0.25) is 5.02 Å². The van der Waals surface area contributed by atoms with E-state index in [1.165, 1.54) is 5.56 Å². The van der Waals surface area contributed by atoms with Crippen LogP contribution in [-0.4, -0.2) is 24.4 Å². The molecular formula is C21H28ClNO3. The molecule has 2 aromatic carbocycles. The fraction of sp³-hybridized carbons (Fsp3) is 0.429. The number of nitrogens with one attached hydrogen (secondary N) is 1. The maximum atomic E-state index is 9.31. The normalized spacial score (nSPS) is 12.0. The summed E-state index contributed by atoms with van der Waals surface area (Å²) < 4.78 is 11.7. The molecule has 0 unspecified atom stereocenters. The zero-order valence-corrected chi connectivity index (χ0v) is 16.5. The van der Waals surface area contributed by atoms with Gasteiger partial charge in [0, 0.05) is 12.6 Å². The van der Waals surface area contributed by atoms with E-state index in [1.54, 1.807) is 0 Å². The second kappa shape index (κ2) is 10.4. The van der Waals surface area contributed by atoms with Gasteiger partial charge in [0.25, 0.3) is 0 Å². The van der Waals surface area contributed by atoms with E-state index in [9.17, 15) is 5.11 Å². The van der Waals surface area contributed by atoms with Gasteiger partial charge in [-0.2, -0.15) is 0 Å². The van der Waals surface area contributed by atoms with E-state index in [0.717, 1.165) is 17.5 Å². The molecule has 0 bridgehead atoms. The highest BCUT2D eigenvalue weighted by molar-refractivity contribution is 6.32. The lowest BCUT2D eigenvalue weighted by Gasteiger charge is -2.18. The molecule has 0 saturated carbocycles. The molecule has 0 aliphatic heterocycles. The van der Waals surface area contributed by atoms with E-state index in [-0.39, 0.29) is 12.6 Å². The first-order valence-electron chi connectivity index (χ1n) is 9.05. The third-order valence-electron chi connectivity index (χ3n) is 4.31. The predicted molar refractivity (Wildman–Crippen MR) is 106 cm³/mol. The number of ether oxygens (including phenoxy) is 2. The average Bonchev–Trinajstić information content (AvgIpc) is 2.63. The second-order valence-corrected chi connectivity index (χ2v) is 6.63. The van der Waals surface area contributed by atoms with Crippen molar-refractivity contribution in [1.82, 2.24) is 5.32 Å². The summed E-state index contributed by atoms with van der Waals surface area (Å²) in [4.78, 5) is 0. The molecular weight excluding hydrogens is 350 g/mol. The predicted octanol–water partition coefficient (Wildman–Crippen LogP) is 4.49. The molecule has 5 heteroatoms. The summed E-state index contributed by atoms with van der Waals surface area (Å²) in [5.41, 5.74) is 3.29. The first-order chi connectivity index (χ1) is 12.6. The molecule has 2 rings (SSSR count). The zero-order chi connectivity index (χ0) is 18.9. The first kappa shape index (κ1) is 20.6. The monoisotopic (exact) mass is 377 g/mol. The van der Waals surface area contributed by atoms with Crippen LogP contribution < -0.4 is 14.8 Å². The van der Waals surface area contributed by atoms with Crippen LogP contribution in [0.25, 0.3) is 0 Å².